The van der Waals surface area contributed by atoms with E-state index in [0.717, 1.165) is 61.1 Å². The van der Waals surface area contributed by atoms with E-state index in [0.29, 0.717) is 6.54 Å². The molecule has 6 nitrogen and oxygen atoms in total. The van der Waals surface area contributed by atoms with Gasteiger partial charge < -0.3 is 20.3 Å². The van der Waals surface area contributed by atoms with Gasteiger partial charge in [0.25, 0.3) is 0 Å². The van der Waals surface area contributed by atoms with E-state index in [-0.39, 0.29) is 35.9 Å². The van der Waals surface area contributed by atoms with Crippen LogP contribution in [0.5, 0.6) is 0 Å². The zero-order chi connectivity index (χ0) is 20.6. The Morgan fingerprint density at radius 1 is 1.30 bits per heavy atom. The minimum absolute atomic E-state index is 0. The van der Waals surface area contributed by atoms with Crippen LogP contribution in [0.2, 0.25) is 0 Å². The van der Waals surface area contributed by atoms with Gasteiger partial charge in [0, 0.05) is 39.4 Å². The van der Waals surface area contributed by atoms with E-state index in [9.17, 15) is 4.39 Å². The first kappa shape index (κ1) is 24.3. The fourth-order valence-electron chi connectivity index (χ4n) is 3.43. The second-order valence-electron chi connectivity index (χ2n) is 7.32. The zero-order valence-corrected chi connectivity index (χ0v) is 20.2. The molecule has 2 aromatic rings. The van der Waals surface area contributed by atoms with Crippen molar-refractivity contribution in [3.8, 4) is 0 Å². The number of pyridine rings is 1. The molecular weight excluding hydrogens is 496 g/mol. The smallest absolute Gasteiger partial charge is 0.191 e. The molecule has 1 atom stereocenters. The van der Waals surface area contributed by atoms with Gasteiger partial charge in [-0.15, -0.1) is 24.0 Å². The van der Waals surface area contributed by atoms with Crippen LogP contribution >= 0.6 is 24.0 Å². The first-order chi connectivity index (χ1) is 14.0. The molecule has 0 saturated carbocycles. The third-order valence-electron chi connectivity index (χ3n) is 5.05. The van der Waals surface area contributed by atoms with Crippen LogP contribution in [0.1, 0.15) is 23.6 Å². The molecule has 0 aliphatic carbocycles. The largest absolute Gasteiger partial charge is 0.375 e. The fourth-order valence-corrected chi connectivity index (χ4v) is 3.43. The number of halogens is 2. The Labute approximate surface area is 195 Å². The SMILES string of the molecule is CN=C(NCCc1ccc(F)cc1C)NCc1ccnc(N2CCOC(C)C2)c1.I. The van der Waals surface area contributed by atoms with Crippen LogP contribution in [-0.2, 0) is 17.7 Å². The lowest BCUT2D eigenvalue weighted by Crippen LogP contribution is -2.41. The number of nitrogens with zero attached hydrogens (tertiary/aromatic N) is 3. The summed E-state index contributed by atoms with van der Waals surface area (Å²) < 4.78 is 18.8. The molecule has 1 aromatic carbocycles. The van der Waals surface area contributed by atoms with Gasteiger partial charge in [0.2, 0.25) is 0 Å². The third-order valence-corrected chi connectivity index (χ3v) is 5.05. The molecule has 2 N–H and O–H groups in total. The van der Waals surface area contributed by atoms with Gasteiger partial charge >= 0.3 is 0 Å². The lowest BCUT2D eigenvalue weighted by Gasteiger charge is -2.32. The molecule has 1 saturated heterocycles. The maximum absolute atomic E-state index is 13.2. The Bertz CT molecular complexity index is 848. The normalized spacial score (nSPS) is 16.7. The summed E-state index contributed by atoms with van der Waals surface area (Å²) in [7, 11) is 1.76. The Hall–Kier alpha value is -1.94. The Balaban J connectivity index is 0.00000320. The summed E-state index contributed by atoms with van der Waals surface area (Å²) >= 11 is 0. The number of anilines is 1. The van der Waals surface area contributed by atoms with Crippen molar-refractivity contribution < 1.29 is 9.13 Å². The fraction of sp³-hybridized carbons (Fsp3) is 0.455. The molecule has 30 heavy (non-hydrogen) atoms. The second kappa shape index (κ2) is 12.0. The van der Waals surface area contributed by atoms with Gasteiger partial charge in [-0.1, -0.05) is 6.07 Å². The first-order valence-corrected chi connectivity index (χ1v) is 10.1. The number of hydrogen-bond acceptors (Lipinski definition) is 4. The summed E-state index contributed by atoms with van der Waals surface area (Å²) in [5.41, 5.74) is 3.25. The van der Waals surface area contributed by atoms with E-state index in [2.05, 4.69) is 38.5 Å². The quantitative estimate of drug-likeness (QED) is 0.343. The lowest BCUT2D eigenvalue weighted by molar-refractivity contribution is 0.0529. The molecule has 8 heteroatoms. The molecule has 0 spiro atoms. The summed E-state index contributed by atoms with van der Waals surface area (Å²) in [6, 6.07) is 9.04. The number of rotatable bonds is 6. The molecule has 1 unspecified atom stereocenters. The molecule has 1 aromatic heterocycles. The van der Waals surface area contributed by atoms with Gasteiger partial charge in [-0.3, -0.25) is 4.99 Å². The van der Waals surface area contributed by atoms with Gasteiger partial charge in [0.1, 0.15) is 11.6 Å². The van der Waals surface area contributed by atoms with Gasteiger partial charge in [0.05, 0.1) is 12.7 Å². The van der Waals surface area contributed by atoms with Gasteiger partial charge in [0.15, 0.2) is 5.96 Å². The van der Waals surface area contributed by atoms with Crippen molar-refractivity contribution in [3.05, 3.63) is 59.0 Å². The van der Waals surface area contributed by atoms with E-state index < -0.39 is 0 Å². The maximum atomic E-state index is 13.2. The Kier molecular flexibility index (Phi) is 9.77. The number of nitrogens with one attached hydrogen (secondary N) is 2. The van der Waals surface area contributed by atoms with E-state index in [1.165, 1.54) is 6.07 Å². The Morgan fingerprint density at radius 3 is 2.87 bits per heavy atom. The molecule has 0 radical (unpaired) electrons. The highest BCUT2D eigenvalue weighted by Crippen LogP contribution is 2.16. The van der Waals surface area contributed by atoms with E-state index in [1.807, 2.05) is 25.3 Å². The summed E-state index contributed by atoms with van der Waals surface area (Å²) in [5.74, 6) is 1.53. The maximum Gasteiger partial charge on any atom is 0.191 e. The minimum atomic E-state index is -0.194. The molecule has 0 amide bonds. The lowest BCUT2D eigenvalue weighted by atomic mass is 10.1. The standard InChI is InChI=1S/C22H30FN5O.HI/c1-16-12-20(23)5-4-19(16)7-9-26-22(24-3)27-14-18-6-8-25-21(13-18)28-10-11-29-17(2)15-28;/h4-6,8,12-13,17H,7,9-11,14-15H2,1-3H3,(H2,24,26,27);1H. The van der Waals surface area contributed by atoms with Crippen LogP contribution in [0.15, 0.2) is 41.5 Å². The molecule has 3 rings (SSSR count). The molecule has 1 fully saturated rings. The molecule has 1 aliphatic rings. The third kappa shape index (κ3) is 7.09. The van der Waals surface area contributed by atoms with Gasteiger partial charge in [-0.25, -0.2) is 9.37 Å². The van der Waals surface area contributed by atoms with Crippen LogP contribution in [0, 0.1) is 12.7 Å². The van der Waals surface area contributed by atoms with E-state index in [4.69, 9.17) is 4.74 Å². The van der Waals surface area contributed by atoms with E-state index >= 15 is 0 Å². The summed E-state index contributed by atoms with van der Waals surface area (Å²) in [6.07, 6.45) is 2.88. The number of aryl methyl sites for hydroxylation is 1. The highest BCUT2D eigenvalue weighted by Gasteiger charge is 2.18. The van der Waals surface area contributed by atoms with Crippen molar-refractivity contribution >= 4 is 35.8 Å². The number of aliphatic imine (C=N–C) groups is 1. The summed E-state index contributed by atoms with van der Waals surface area (Å²) in [6.45, 7) is 7.85. The van der Waals surface area contributed by atoms with Crippen molar-refractivity contribution in [2.45, 2.75) is 32.9 Å². The topological polar surface area (TPSA) is 61.8 Å². The molecule has 164 valence electrons. The number of guanidine groups is 1. The van der Waals surface area contributed by atoms with Crippen LogP contribution in [0.4, 0.5) is 10.2 Å². The number of morpholine rings is 1. The van der Waals surface area contributed by atoms with Crippen LogP contribution in [-0.4, -0.2) is 50.3 Å². The van der Waals surface area contributed by atoms with E-state index in [1.54, 1.807) is 13.1 Å². The van der Waals surface area contributed by atoms with Crippen LogP contribution < -0.4 is 15.5 Å². The highest BCUT2D eigenvalue weighted by molar-refractivity contribution is 14.0. The molecule has 1 aliphatic heterocycles. The predicted octanol–water partition coefficient (Wildman–Crippen LogP) is 3.28. The number of benzene rings is 1. The minimum Gasteiger partial charge on any atom is -0.375 e. The first-order valence-electron chi connectivity index (χ1n) is 10.1. The van der Waals surface area contributed by atoms with Crippen molar-refractivity contribution in [2.75, 3.05) is 38.2 Å². The monoisotopic (exact) mass is 527 g/mol. The Morgan fingerprint density at radius 2 is 2.13 bits per heavy atom. The van der Waals surface area contributed by atoms with Crippen molar-refractivity contribution in [1.29, 1.82) is 0 Å². The average molecular weight is 527 g/mol. The number of ether oxygens (including phenoxy) is 1. The van der Waals surface area contributed by atoms with Crippen LogP contribution in [0.25, 0.3) is 0 Å². The average Bonchev–Trinajstić information content (AvgIpc) is 2.72. The van der Waals surface area contributed by atoms with Crippen molar-refractivity contribution in [3.63, 3.8) is 0 Å². The number of hydrogen-bond donors (Lipinski definition) is 2. The molecular formula is C22H31FIN5O. The van der Waals surface area contributed by atoms with Crippen LogP contribution in [0.3, 0.4) is 0 Å². The van der Waals surface area contributed by atoms with Gasteiger partial charge in [-0.2, -0.15) is 0 Å². The number of aromatic nitrogens is 1. The van der Waals surface area contributed by atoms with Crippen molar-refractivity contribution in [2.24, 2.45) is 4.99 Å². The molecule has 2 heterocycles. The van der Waals surface area contributed by atoms with Gasteiger partial charge in [-0.05, 0) is 61.2 Å². The summed E-state index contributed by atoms with van der Waals surface area (Å²) in [5, 5.41) is 6.66. The highest BCUT2D eigenvalue weighted by atomic mass is 127. The van der Waals surface area contributed by atoms with Crippen molar-refractivity contribution in [1.82, 2.24) is 15.6 Å². The zero-order valence-electron chi connectivity index (χ0n) is 17.8. The summed E-state index contributed by atoms with van der Waals surface area (Å²) in [4.78, 5) is 11.1. The second-order valence-corrected chi connectivity index (χ2v) is 7.32. The predicted molar refractivity (Wildman–Crippen MR) is 130 cm³/mol. The molecule has 0 bridgehead atoms.